The Kier molecular flexibility index (Phi) is 6.20. The second-order valence-electron chi connectivity index (χ2n) is 6.17. The van der Waals surface area contributed by atoms with Crippen molar-refractivity contribution >= 4 is 23.1 Å². The second-order valence-corrected chi connectivity index (χ2v) is 7.97. The maximum atomic E-state index is 5.45. The van der Waals surface area contributed by atoms with E-state index in [1.165, 1.54) is 11.8 Å². The number of thiazole rings is 1. The van der Waals surface area contributed by atoms with Crippen molar-refractivity contribution in [3.8, 4) is 39.2 Å². The number of para-hydroxylation sites is 1. The molecule has 0 saturated heterocycles. The van der Waals surface area contributed by atoms with E-state index in [4.69, 9.17) is 19.2 Å². The zero-order valence-corrected chi connectivity index (χ0v) is 18.3. The van der Waals surface area contributed by atoms with Crippen LogP contribution in [0.25, 0.3) is 22.0 Å². The van der Waals surface area contributed by atoms with E-state index < -0.39 is 0 Å². The summed E-state index contributed by atoms with van der Waals surface area (Å²) < 4.78 is 16.1. The molecule has 154 valence electrons. The SMILES string of the molecule is COc1ccc(-c2nc(SCc3csc(-c4ccccc4OC)n3)n[nH]2)c(OC)c1. The van der Waals surface area contributed by atoms with Crippen LogP contribution in [0.15, 0.2) is 53.0 Å². The number of methoxy groups -OCH3 is 3. The van der Waals surface area contributed by atoms with Crippen molar-refractivity contribution < 1.29 is 14.2 Å². The average Bonchev–Trinajstić information content (AvgIpc) is 3.47. The van der Waals surface area contributed by atoms with Gasteiger partial charge in [0.15, 0.2) is 5.82 Å². The summed E-state index contributed by atoms with van der Waals surface area (Å²) >= 11 is 3.12. The van der Waals surface area contributed by atoms with Gasteiger partial charge in [-0.25, -0.2) is 9.97 Å². The van der Waals surface area contributed by atoms with Crippen LogP contribution >= 0.6 is 23.1 Å². The molecule has 0 radical (unpaired) electrons. The van der Waals surface area contributed by atoms with E-state index in [9.17, 15) is 0 Å². The molecule has 0 amide bonds. The summed E-state index contributed by atoms with van der Waals surface area (Å²) in [6.45, 7) is 0. The molecule has 0 fully saturated rings. The maximum Gasteiger partial charge on any atom is 0.209 e. The molecule has 0 saturated carbocycles. The van der Waals surface area contributed by atoms with Gasteiger partial charge in [0, 0.05) is 17.2 Å². The predicted molar refractivity (Wildman–Crippen MR) is 119 cm³/mol. The topological polar surface area (TPSA) is 82.2 Å². The maximum absolute atomic E-state index is 5.45. The molecule has 0 aliphatic heterocycles. The van der Waals surface area contributed by atoms with E-state index >= 15 is 0 Å². The van der Waals surface area contributed by atoms with Gasteiger partial charge in [0.1, 0.15) is 22.3 Å². The van der Waals surface area contributed by atoms with Crippen LogP contribution < -0.4 is 14.2 Å². The van der Waals surface area contributed by atoms with Crippen LogP contribution in [0.2, 0.25) is 0 Å². The fourth-order valence-electron chi connectivity index (χ4n) is 2.88. The van der Waals surface area contributed by atoms with Gasteiger partial charge < -0.3 is 14.2 Å². The molecular weight excluding hydrogens is 420 g/mol. The Bertz CT molecular complexity index is 1140. The fourth-order valence-corrected chi connectivity index (χ4v) is 4.53. The molecule has 0 aliphatic rings. The predicted octanol–water partition coefficient (Wildman–Crippen LogP) is 4.91. The third-order valence-corrected chi connectivity index (χ3v) is 6.17. The number of aromatic amines is 1. The Morgan fingerprint density at radius 1 is 0.933 bits per heavy atom. The number of hydrogen-bond donors (Lipinski definition) is 1. The minimum atomic E-state index is 0.644. The van der Waals surface area contributed by atoms with E-state index in [0.717, 1.165) is 33.3 Å². The van der Waals surface area contributed by atoms with Crippen molar-refractivity contribution in [2.24, 2.45) is 0 Å². The van der Waals surface area contributed by atoms with Gasteiger partial charge in [-0.15, -0.1) is 16.4 Å². The normalized spacial score (nSPS) is 10.8. The molecule has 7 nitrogen and oxygen atoms in total. The van der Waals surface area contributed by atoms with Crippen molar-refractivity contribution in [1.29, 1.82) is 0 Å². The van der Waals surface area contributed by atoms with Crippen LogP contribution in [-0.4, -0.2) is 41.5 Å². The largest absolute Gasteiger partial charge is 0.497 e. The van der Waals surface area contributed by atoms with Gasteiger partial charge in [0.25, 0.3) is 0 Å². The molecule has 2 aromatic heterocycles. The molecule has 0 spiro atoms. The number of nitrogens with zero attached hydrogens (tertiary/aromatic N) is 3. The molecular formula is C21H20N4O3S2. The molecule has 1 N–H and O–H groups in total. The van der Waals surface area contributed by atoms with Crippen molar-refractivity contribution in [2.45, 2.75) is 10.9 Å². The van der Waals surface area contributed by atoms with E-state index in [1.807, 2.05) is 42.5 Å². The first kappa shape index (κ1) is 20.2. The lowest BCUT2D eigenvalue weighted by atomic mass is 10.2. The quantitative estimate of drug-likeness (QED) is 0.390. The lowest BCUT2D eigenvalue weighted by molar-refractivity contribution is 0.395. The highest BCUT2D eigenvalue weighted by atomic mass is 32.2. The highest BCUT2D eigenvalue weighted by Crippen LogP contribution is 2.34. The number of ether oxygens (including phenoxy) is 3. The van der Waals surface area contributed by atoms with Gasteiger partial charge in [0.2, 0.25) is 5.16 Å². The Morgan fingerprint density at radius 3 is 2.57 bits per heavy atom. The fraction of sp³-hybridized carbons (Fsp3) is 0.190. The zero-order chi connectivity index (χ0) is 20.9. The third-order valence-electron chi connectivity index (χ3n) is 4.37. The first-order valence-corrected chi connectivity index (χ1v) is 10.9. The molecule has 2 aromatic carbocycles. The summed E-state index contributed by atoms with van der Waals surface area (Å²) in [6.07, 6.45) is 0. The first-order valence-electron chi connectivity index (χ1n) is 9.07. The molecule has 9 heteroatoms. The second kappa shape index (κ2) is 9.19. The van der Waals surface area contributed by atoms with E-state index in [1.54, 1.807) is 32.7 Å². The summed E-state index contributed by atoms with van der Waals surface area (Å²) in [5.74, 6) is 3.52. The minimum Gasteiger partial charge on any atom is -0.497 e. The van der Waals surface area contributed by atoms with Gasteiger partial charge in [-0.3, -0.25) is 5.10 Å². The summed E-state index contributed by atoms with van der Waals surface area (Å²) in [6, 6.07) is 13.5. The van der Waals surface area contributed by atoms with Crippen LogP contribution in [0, 0.1) is 0 Å². The van der Waals surface area contributed by atoms with Gasteiger partial charge in [-0.1, -0.05) is 23.9 Å². The standard InChI is InChI=1S/C21H20N4O3S2/c1-26-14-8-9-15(18(10-14)28-3)19-23-21(25-24-19)30-12-13-11-29-20(22-13)16-6-4-5-7-17(16)27-2/h4-11H,12H2,1-3H3,(H,23,24,25). The number of hydrogen-bond acceptors (Lipinski definition) is 8. The lowest BCUT2D eigenvalue weighted by Crippen LogP contribution is -1.91. The molecule has 4 aromatic rings. The Hall–Kier alpha value is -3.04. The average molecular weight is 441 g/mol. The third kappa shape index (κ3) is 4.27. The Balaban J connectivity index is 1.46. The van der Waals surface area contributed by atoms with Crippen LogP contribution in [-0.2, 0) is 5.75 Å². The van der Waals surface area contributed by atoms with Crippen LogP contribution in [0.1, 0.15) is 5.69 Å². The zero-order valence-electron chi connectivity index (χ0n) is 16.7. The summed E-state index contributed by atoms with van der Waals surface area (Å²) in [5, 5.41) is 10.9. The number of benzene rings is 2. The summed E-state index contributed by atoms with van der Waals surface area (Å²) in [4.78, 5) is 9.32. The van der Waals surface area contributed by atoms with E-state index in [0.29, 0.717) is 22.5 Å². The van der Waals surface area contributed by atoms with Gasteiger partial charge in [0.05, 0.1) is 38.2 Å². The molecule has 30 heavy (non-hydrogen) atoms. The van der Waals surface area contributed by atoms with Gasteiger partial charge >= 0.3 is 0 Å². The number of thioether (sulfide) groups is 1. The molecule has 4 rings (SSSR count). The van der Waals surface area contributed by atoms with Crippen LogP contribution in [0.3, 0.4) is 0 Å². The van der Waals surface area contributed by atoms with E-state index in [-0.39, 0.29) is 0 Å². The monoisotopic (exact) mass is 440 g/mol. The van der Waals surface area contributed by atoms with Crippen molar-refractivity contribution in [3.63, 3.8) is 0 Å². The molecule has 0 aliphatic carbocycles. The molecule has 0 unspecified atom stereocenters. The molecule has 0 atom stereocenters. The van der Waals surface area contributed by atoms with Crippen molar-refractivity contribution in [1.82, 2.24) is 20.2 Å². The number of rotatable bonds is 8. The van der Waals surface area contributed by atoms with Gasteiger partial charge in [-0.05, 0) is 24.3 Å². The molecule has 0 bridgehead atoms. The smallest absolute Gasteiger partial charge is 0.209 e. The molecule has 2 heterocycles. The first-order chi connectivity index (χ1) is 14.7. The lowest BCUT2D eigenvalue weighted by Gasteiger charge is -2.07. The highest BCUT2D eigenvalue weighted by molar-refractivity contribution is 7.98. The highest BCUT2D eigenvalue weighted by Gasteiger charge is 2.14. The minimum absolute atomic E-state index is 0.644. The van der Waals surface area contributed by atoms with E-state index in [2.05, 4.69) is 20.6 Å². The Morgan fingerprint density at radius 2 is 1.77 bits per heavy atom. The van der Waals surface area contributed by atoms with Gasteiger partial charge in [-0.2, -0.15) is 0 Å². The van der Waals surface area contributed by atoms with Crippen molar-refractivity contribution in [3.05, 3.63) is 53.5 Å². The summed E-state index contributed by atoms with van der Waals surface area (Å²) in [7, 11) is 4.91. The number of aromatic nitrogens is 4. The van der Waals surface area contributed by atoms with Crippen molar-refractivity contribution in [2.75, 3.05) is 21.3 Å². The summed E-state index contributed by atoms with van der Waals surface area (Å²) in [5.41, 5.74) is 2.79. The number of H-pyrrole nitrogens is 1. The number of nitrogens with one attached hydrogen (secondary N) is 1. The Labute approximate surface area is 182 Å². The van der Waals surface area contributed by atoms with Crippen LogP contribution in [0.4, 0.5) is 0 Å². The van der Waals surface area contributed by atoms with Crippen LogP contribution in [0.5, 0.6) is 17.2 Å².